The van der Waals surface area contributed by atoms with E-state index in [0.29, 0.717) is 24.6 Å². The van der Waals surface area contributed by atoms with E-state index in [0.717, 1.165) is 32.5 Å². The van der Waals surface area contributed by atoms with Crippen molar-refractivity contribution in [3.63, 3.8) is 0 Å². The number of anilines is 1. The monoisotopic (exact) mass is 433 g/mol. The summed E-state index contributed by atoms with van der Waals surface area (Å²) in [6.07, 6.45) is 5.03. The van der Waals surface area contributed by atoms with E-state index >= 15 is 0 Å². The van der Waals surface area contributed by atoms with E-state index in [-0.39, 0.29) is 24.2 Å². The molecule has 0 unspecified atom stereocenters. The molecular weight excluding hydrogens is 402 g/mol. The molecule has 1 N–H and O–H groups in total. The van der Waals surface area contributed by atoms with E-state index in [4.69, 9.17) is 5.26 Å². The molecule has 2 amide bonds. The fourth-order valence-corrected chi connectivity index (χ4v) is 4.75. The minimum absolute atomic E-state index is 0.0203. The van der Waals surface area contributed by atoms with Crippen molar-refractivity contribution in [1.29, 1.82) is 5.26 Å². The first-order chi connectivity index (χ1) is 15.5. The molecule has 32 heavy (non-hydrogen) atoms. The number of carbonyl (C=O) groups is 1. The summed E-state index contributed by atoms with van der Waals surface area (Å²) in [5.41, 5.74) is 1.78. The lowest BCUT2D eigenvalue weighted by atomic mass is 10.0. The van der Waals surface area contributed by atoms with Crippen molar-refractivity contribution in [2.24, 2.45) is 0 Å². The van der Waals surface area contributed by atoms with Crippen LogP contribution in [0.4, 0.5) is 10.7 Å². The molecule has 0 spiro atoms. The van der Waals surface area contributed by atoms with Crippen molar-refractivity contribution in [2.75, 3.05) is 31.1 Å². The highest BCUT2D eigenvalue weighted by Gasteiger charge is 2.35. The minimum atomic E-state index is 0.0203. The van der Waals surface area contributed by atoms with Crippen molar-refractivity contribution in [3.05, 3.63) is 53.9 Å². The summed E-state index contributed by atoms with van der Waals surface area (Å²) in [7, 11) is 0. The van der Waals surface area contributed by atoms with E-state index in [1.54, 1.807) is 12.4 Å². The number of rotatable bonds is 4. The predicted octanol–water partition coefficient (Wildman–Crippen LogP) is 2.62. The van der Waals surface area contributed by atoms with E-state index in [2.05, 4.69) is 63.2 Å². The largest absolute Gasteiger partial charge is 0.337 e. The van der Waals surface area contributed by atoms with Gasteiger partial charge in [0.1, 0.15) is 6.07 Å². The molecule has 3 heterocycles. The third-order valence-corrected chi connectivity index (χ3v) is 6.37. The van der Waals surface area contributed by atoms with E-state index in [9.17, 15) is 4.79 Å². The quantitative estimate of drug-likeness (QED) is 0.797. The van der Waals surface area contributed by atoms with Crippen LogP contribution >= 0.6 is 0 Å². The van der Waals surface area contributed by atoms with Crippen molar-refractivity contribution >= 4 is 12.0 Å². The van der Waals surface area contributed by atoms with Crippen LogP contribution in [0.1, 0.15) is 37.8 Å². The highest BCUT2D eigenvalue weighted by atomic mass is 16.2. The van der Waals surface area contributed by atoms with Crippen LogP contribution in [-0.2, 0) is 6.54 Å². The second-order valence-electron chi connectivity index (χ2n) is 8.88. The second-order valence-corrected chi connectivity index (χ2v) is 8.88. The molecule has 2 aromatic rings. The van der Waals surface area contributed by atoms with Crippen LogP contribution in [0.25, 0.3) is 0 Å². The molecular formula is C24H31N7O. The zero-order chi connectivity index (χ0) is 22.5. The van der Waals surface area contributed by atoms with Gasteiger partial charge in [0.25, 0.3) is 0 Å². The number of nitrogens with one attached hydrogen (secondary N) is 1. The molecule has 2 saturated heterocycles. The Balaban J connectivity index is 1.28. The lowest BCUT2D eigenvalue weighted by Gasteiger charge is -2.45. The first kappa shape index (κ1) is 22.0. The molecule has 2 aliphatic heterocycles. The second kappa shape index (κ2) is 9.96. The van der Waals surface area contributed by atoms with E-state index < -0.39 is 0 Å². The first-order valence-corrected chi connectivity index (χ1v) is 11.4. The summed E-state index contributed by atoms with van der Waals surface area (Å²) in [5.74, 6) is 0.605. The molecule has 168 valence electrons. The van der Waals surface area contributed by atoms with Crippen LogP contribution in [0.2, 0.25) is 0 Å². The highest BCUT2D eigenvalue weighted by molar-refractivity contribution is 5.75. The van der Waals surface area contributed by atoms with Gasteiger partial charge in [0, 0.05) is 50.8 Å². The number of piperidine rings is 1. The average molecular weight is 434 g/mol. The Morgan fingerprint density at radius 1 is 1.09 bits per heavy atom. The van der Waals surface area contributed by atoms with Gasteiger partial charge in [0.05, 0.1) is 18.0 Å². The number of nitrogens with zero attached hydrogens (tertiary/aromatic N) is 6. The van der Waals surface area contributed by atoms with Gasteiger partial charge in [-0.25, -0.2) is 14.8 Å². The fourth-order valence-electron chi connectivity index (χ4n) is 4.75. The SMILES string of the molecule is C[C@@H]1CN(c2ncc(C#N)cn2)C[C@H](C)N1C(=O)NC1CCN(Cc2ccccc2)CC1. The number of hydrogen-bond donors (Lipinski definition) is 1. The molecule has 0 saturated carbocycles. The summed E-state index contributed by atoms with van der Waals surface area (Å²) in [6, 6.07) is 12.9. The van der Waals surface area contributed by atoms with Crippen LogP contribution in [-0.4, -0.2) is 70.1 Å². The maximum Gasteiger partial charge on any atom is 0.318 e. The number of benzene rings is 1. The van der Waals surface area contributed by atoms with E-state index in [1.807, 2.05) is 17.0 Å². The number of nitriles is 1. The highest BCUT2D eigenvalue weighted by Crippen LogP contribution is 2.21. The number of piperazine rings is 1. The summed E-state index contributed by atoms with van der Waals surface area (Å²) in [5, 5.41) is 12.2. The van der Waals surface area contributed by atoms with Crippen LogP contribution in [0, 0.1) is 11.3 Å². The third-order valence-electron chi connectivity index (χ3n) is 6.37. The smallest absolute Gasteiger partial charge is 0.318 e. The number of aromatic nitrogens is 2. The van der Waals surface area contributed by atoms with Crippen LogP contribution in [0.5, 0.6) is 0 Å². The molecule has 8 nitrogen and oxygen atoms in total. The number of carbonyl (C=O) groups excluding carboxylic acids is 1. The van der Waals surface area contributed by atoms with Crippen molar-refractivity contribution in [1.82, 2.24) is 25.1 Å². The Morgan fingerprint density at radius 3 is 2.31 bits per heavy atom. The van der Waals surface area contributed by atoms with Crippen molar-refractivity contribution < 1.29 is 4.79 Å². The maximum atomic E-state index is 13.1. The Bertz CT molecular complexity index is 923. The van der Waals surface area contributed by atoms with Crippen LogP contribution < -0.4 is 10.2 Å². The number of hydrogen-bond acceptors (Lipinski definition) is 6. The Hall–Kier alpha value is -3.18. The molecule has 0 radical (unpaired) electrons. The van der Waals surface area contributed by atoms with Gasteiger partial charge in [-0.2, -0.15) is 5.26 Å². The fraction of sp³-hybridized carbons (Fsp3) is 0.500. The molecule has 8 heteroatoms. The molecule has 0 bridgehead atoms. The molecule has 2 atom stereocenters. The number of amides is 2. The standard InChI is InChI=1S/C24H31N7O/c1-18-15-30(23-26-13-21(12-25)14-27-23)16-19(2)31(18)24(32)28-22-8-10-29(11-9-22)17-20-6-4-3-5-7-20/h3-7,13-14,18-19,22H,8-11,15-17H2,1-2H3,(H,28,32)/t18-,19+. The Labute approximate surface area is 189 Å². The Morgan fingerprint density at radius 2 is 1.72 bits per heavy atom. The number of likely N-dealkylation sites (tertiary alicyclic amines) is 1. The molecule has 0 aliphatic carbocycles. The molecule has 2 aliphatic rings. The molecule has 1 aromatic heterocycles. The van der Waals surface area contributed by atoms with Gasteiger partial charge in [-0.3, -0.25) is 4.90 Å². The lowest BCUT2D eigenvalue weighted by Crippen LogP contribution is -2.62. The zero-order valence-corrected chi connectivity index (χ0v) is 18.8. The van der Waals surface area contributed by atoms with Gasteiger partial charge in [-0.05, 0) is 32.3 Å². The summed E-state index contributed by atoms with van der Waals surface area (Å²) >= 11 is 0. The van der Waals surface area contributed by atoms with Gasteiger partial charge < -0.3 is 15.1 Å². The maximum absolute atomic E-state index is 13.1. The van der Waals surface area contributed by atoms with Gasteiger partial charge in [-0.15, -0.1) is 0 Å². The first-order valence-electron chi connectivity index (χ1n) is 11.4. The lowest BCUT2D eigenvalue weighted by molar-refractivity contribution is 0.130. The van der Waals surface area contributed by atoms with E-state index in [1.165, 1.54) is 5.56 Å². The number of urea groups is 1. The minimum Gasteiger partial charge on any atom is -0.337 e. The van der Waals surface area contributed by atoms with Gasteiger partial charge in [-0.1, -0.05) is 30.3 Å². The topological polar surface area (TPSA) is 88.4 Å². The molecule has 1 aromatic carbocycles. The zero-order valence-electron chi connectivity index (χ0n) is 18.8. The molecule has 2 fully saturated rings. The summed E-state index contributed by atoms with van der Waals surface area (Å²) in [4.78, 5) is 28.2. The van der Waals surface area contributed by atoms with Crippen LogP contribution in [0.3, 0.4) is 0 Å². The van der Waals surface area contributed by atoms with Gasteiger partial charge >= 0.3 is 6.03 Å². The van der Waals surface area contributed by atoms with Gasteiger partial charge in [0.15, 0.2) is 0 Å². The van der Waals surface area contributed by atoms with Crippen molar-refractivity contribution in [2.45, 2.75) is 51.4 Å². The predicted molar refractivity (Wildman–Crippen MR) is 123 cm³/mol. The van der Waals surface area contributed by atoms with Gasteiger partial charge in [0.2, 0.25) is 5.95 Å². The normalized spacial score (nSPS) is 22.4. The molecule has 4 rings (SSSR count). The third kappa shape index (κ3) is 5.17. The Kier molecular flexibility index (Phi) is 6.86. The van der Waals surface area contributed by atoms with Crippen molar-refractivity contribution in [3.8, 4) is 6.07 Å². The van der Waals surface area contributed by atoms with Crippen LogP contribution in [0.15, 0.2) is 42.7 Å². The average Bonchev–Trinajstić information content (AvgIpc) is 2.80. The summed E-state index contributed by atoms with van der Waals surface area (Å²) < 4.78 is 0. The summed E-state index contributed by atoms with van der Waals surface area (Å²) in [6.45, 7) is 8.42.